The predicted molar refractivity (Wildman–Crippen MR) is 279 cm³/mol. The molecule has 5 heteroatoms. The molecule has 13 rings (SSSR count). The summed E-state index contributed by atoms with van der Waals surface area (Å²) in [5.74, 6) is 0. The molecule has 0 saturated carbocycles. The second-order valence-electron chi connectivity index (χ2n) is 17.5. The number of aromatic nitrogens is 3. The summed E-state index contributed by atoms with van der Waals surface area (Å²) >= 11 is 0. The van der Waals surface area contributed by atoms with Gasteiger partial charge in [-0.25, -0.2) is 4.58 Å². The van der Waals surface area contributed by atoms with Gasteiger partial charge in [-0.3, -0.25) is 4.98 Å². The van der Waals surface area contributed by atoms with Crippen molar-refractivity contribution in [1.29, 1.82) is 0 Å². The van der Waals surface area contributed by atoms with Gasteiger partial charge >= 0.3 is 20.1 Å². The maximum absolute atomic E-state index is 5.26. The zero-order valence-corrected chi connectivity index (χ0v) is 40.1. The van der Waals surface area contributed by atoms with E-state index in [1.54, 1.807) is 0 Å². The number of nitrogens with zero attached hydrogens (tertiary/aromatic N) is 4. The Kier molecular flexibility index (Phi) is 11.1. The number of fused-ring (bicyclic) bond motifs is 8. The molecule has 0 bridgehead atoms. The molecule has 0 aliphatic carbocycles. The Morgan fingerprint density at radius 3 is 1.34 bits per heavy atom. The fourth-order valence-corrected chi connectivity index (χ4v) is 10.2. The first-order valence-corrected chi connectivity index (χ1v) is 23.3. The second kappa shape index (κ2) is 18.2. The molecular weight excluding hydrogens is 1030 g/mol. The summed E-state index contributed by atoms with van der Waals surface area (Å²) in [6.07, 6.45) is 8.28. The van der Waals surface area contributed by atoms with Gasteiger partial charge in [0.15, 0.2) is 17.9 Å². The number of rotatable bonds is 8. The summed E-state index contributed by atoms with van der Waals surface area (Å²) in [5.41, 5.74) is 23.6. The molecule has 8 aromatic carbocycles. The fourth-order valence-electron chi connectivity index (χ4n) is 10.2. The Morgan fingerprint density at radius 2 is 0.829 bits per heavy atom. The van der Waals surface area contributed by atoms with Crippen LogP contribution in [0, 0.1) is 18.2 Å². The van der Waals surface area contributed by atoms with E-state index < -0.39 is 0 Å². The molecule has 328 valence electrons. The van der Waals surface area contributed by atoms with Crippen molar-refractivity contribution in [2.45, 2.75) is 6.04 Å². The second-order valence-corrected chi connectivity index (χ2v) is 17.5. The molecule has 1 atom stereocenters. The molecule has 0 N–H and O–H groups in total. The van der Waals surface area contributed by atoms with E-state index in [-0.39, 0.29) is 26.1 Å². The van der Waals surface area contributed by atoms with E-state index in [2.05, 4.69) is 187 Å². The van der Waals surface area contributed by atoms with E-state index in [9.17, 15) is 0 Å². The molecule has 0 spiro atoms. The smallest absolute Gasteiger partial charge is 0.304 e. The van der Waals surface area contributed by atoms with E-state index in [1.165, 1.54) is 16.7 Å². The van der Waals surface area contributed by atoms with Gasteiger partial charge in [0.05, 0.1) is 5.69 Å². The van der Waals surface area contributed by atoms with Gasteiger partial charge in [0, 0.05) is 41.3 Å². The van der Waals surface area contributed by atoms with E-state index in [0.717, 1.165) is 106 Å². The first-order valence-electron chi connectivity index (χ1n) is 23.3. The first-order chi connectivity index (χ1) is 34.2. The average Bonchev–Trinajstić information content (AvgIpc) is 3.84. The molecule has 1 unspecified atom stereocenters. The molecule has 0 amide bonds. The summed E-state index contributed by atoms with van der Waals surface area (Å²) in [4.78, 5) is 15.1. The first kappa shape index (κ1) is 42.9. The van der Waals surface area contributed by atoms with Crippen LogP contribution < -0.4 is 0 Å². The Labute approximate surface area is 421 Å². The maximum atomic E-state index is 5.26. The Morgan fingerprint density at radius 1 is 0.371 bits per heavy atom. The van der Waals surface area contributed by atoms with Crippen LogP contribution >= 0.6 is 0 Å². The van der Waals surface area contributed by atoms with Crippen LogP contribution in [0.15, 0.2) is 231 Å². The monoisotopic (exact) mass is 1070 g/mol. The summed E-state index contributed by atoms with van der Waals surface area (Å²) in [6, 6.07) is 85.1. The molecule has 4 nitrogen and oxygen atoms in total. The van der Waals surface area contributed by atoms with Gasteiger partial charge in [-0.05, 0) is 96.9 Å². The third-order valence-corrected chi connectivity index (χ3v) is 13.5. The van der Waals surface area contributed by atoms with E-state index in [0.29, 0.717) is 0 Å². The molecule has 5 heterocycles. The van der Waals surface area contributed by atoms with E-state index in [4.69, 9.17) is 15.0 Å². The zero-order valence-electron chi connectivity index (χ0n) is 37.7. The van der Waals surface area contributed by atoms with Crippen molar-refractivity contribution in [3.05, 3.63) is 266 Å². The topological polar surface area (TPSA) is 41.7 Å². The van der Waals surface area contributed by atoms with Crippen molar-refractivity contribution in [2.75, 3.05) is 0 Å². The molecule has 3 aromatic heterocycles. The van der Waals surface area contributed by atoms with Crippen LogP contribution in [0.2, 0.25) is 0 Å². The minimum atomic E-state index is 0. The van der Waals surface area contributed by atoms with Gasteiger partial charge in [0.2, 0.25) is 0 Å². The molecule has 0 fully saturated rings. The van der Waals surface area contributed by atoms with Crippen molar-refractivity contribution in [1.82, 2.24) is 15.0 Å². The van der Waals surface area contributed by atoms with Crippen molar-refractivity contribution in [2.24, 2.45) is 0 Å². The normalized spacial score (nSPS) is 13.0. The van der Waals surface area contributed by atoms with Crippen LogP contribution in [0.4, 0.5) is 5.69 Å². The molecule has 2 aliphatic heterocycles. The minimum absolute atomic E-state index is 0. The summed E-state index contributed by atoms with van der Waals surface area (Å²) in [7, 11) is 0. The Balaban J connectivity index is 0.00000505. The number of hydrogen-bond donors (Lipinski definition) is 0. The van der Waals surface area contributed by atoms with E-state index >= 15 is 0 Å². The van der Waals surface area contributed by atoms with Crippen LogP contribution in [0.1, 0.15) is 22.7 Å². The number of pyridine rings is 3. The molecule has 0 saturated heterocycles. The fraction of sp³-hybridized carbons (Fsp3) is 0.0154. The van der Waals surface area contributed by atoms with Crippen molar-refractivity contribution < 1.29 is 24.7 Å². The molecule has 70 heavy (non-hydrogen) atoms. The predicted octanol–water partition coefficient (Wildman–Crippen LogP) is 15.5. The van der Waals surface area contributed by atoms with Crippen LogP contribution in [0.5, 0.6) is 0 Å². The van der Waals surface area contributed by atoms with Gasteiger partial charge in [-0.1, -0.05) is 121 Å². The number of hydrogen-bond acceptors (Lipinski definition) is 3. The SMILES string of the molecule is [Ir+3].[c-]1ccccc1-c1ccc(-c2ccccc2-c2cc(-c3ccccc3-c3ccc(-c4[c-]cccc4)nc3)cc(-c3ccccc3-c3cnc4c(c3)[N+]3=Cc5ccccc5C3c3ccc[c-]c3-4)c2)cn1. The van der Waals surface area contributed by atoms with Crippen LogP contribution in [-0.2, 0) is 20.1 Å². The quantitative estimate of drug-likeness (QED) is 0.112. The number of benzene rings is 8. The average molecular weight is 1070 g/mol. The molecular formula is C65H40IrN4+. The molecule has 0 radical (unpaired) electrons. The van der Waals surface area contributed by atoms with Gasteiger partial charge in [0.25, 0.3) is 0 Å². The van der Waals surface area contributed by atoms with Gasteiger partial charge in [0.1, 0.15) is 0 Å². The van der Waals surface area contributed by atoms with Gasteiger partial charge in [-0.2, -0.15) is 0 Å². The standard InChI is InChI=1S/C65H40N4.Ir/c1-3-17-43(18-4-1)61-33-31-45(39-66-61)52-22-9-11-24-54(52)48-35-49(55-25-12-10-23-53(55)46-32-34-62(67-40-46)44-19-5-2-6-20-44)37-50(36-48)56-26-13-14-27-57(56)51-38-63-64(68-41-51)59-29-15-16-30-60(59)65-58-28-8-7-21-47(58)42-69(63)65;/h1-17,19,21-28,30-42,65H;/q-2;+3. The Hall–Kier alpha value is -8.47. The van der Waals surface area contributed by atoms with E-state index in [1.807, 2.05) is 73.2 Å². The molecule has 2 aliphatic rings. The third kappa shape index (κ3) is 7.63. The van der Waals surface area contributed by atoms with Crippen molar-refractivity contribution in [3.8, 4) is 101 Å². The maximum Gasteiger partial charge on any atom is 3.00 e. The van der Waals surface area contributed by atoms with Crippen LogP contribution in [0.25, 0.3) is 101 Å². The third-order valence-electron chi connectivity index (χ3n) is 13.5. The summed E-state index contributed by atoms with van der Waals surface area (Å²) < 4.78 is 2.40. The summed E-state index contributed by atoms with van der Waals surface area (Å²) in [5, 5.41) is 0. The van der Waals surface area contributed by atoms with Crippen molar-refractivity contribution in [3.63, 3.8) is 0 Å². The molecule has 11 aromatic rings. The van der Waals surface area contributed by atoms with Crippen LogP contribution in [0.3, 0.4) is 0 Å². The summed E-state index contributed by atoms with van der Waals surface area (Å²) in [6.45, 7) is 0. The Bertz CT molecular complexity index is 3630. The van der Waals surface area contributed by atoms with Crippen LogP contribution in [-0.4, -0.2) is 25.7 Å². The minimum Gasteiger partial charge on any atom is -0.304 e. The van der Waals surface area contributed by atoms with Gasteiger partial charge < -0.3 is 9.97 Å². The van der Waals surface area contributed by atoms with Crippen molar-refractivity contribution >= 4 is 11.9 Å². The van der Waals surface area contributed by atoms with Gasteiger partial charge in [-0.15, -0.1) is 102 Å². The zero-order chi connectivity index (χ0) is 45.7. The largest absolute Gasteiger partial charge is 3.00 e.